The molecule has 1 aromatic rings. The number of hydrogen-bond donors (Lipinski definition) is 1. The molecule has 3 nitrogen and oxygen atoms in total. The molecule has 17 heavy (non-hydrogen) atoms. The van der Waals surface area contributed by atoms with Crippen LogP contribution in [0.15, 0.2) is 4.34 Å². The minimum absolute atomic E-state index is 0.171. The van der Waals surface area contributed by atoms with E-state index < -0.39 is 0 Å². The Balaban J connectivity index is 2.55. The largest absolute Gasteiger partial charge is 0.311 e. The van der Waals surface area contributed by atoms with Gasteiger partial charge in [-0.3, -0.25) is 0 Å². The highest BCUT2D eigenvalue weighted by atomic mass is 32.2. The predicted octanol–water partition coefficient (Wildman–Crippen LogP) is 3.35. The van der Waals surface area contributed by atoms with Gasteiger partial charge in [-0.1, -0.05) is 25.6 Å². The van der Waals surface area contributed by atoms with Gasteiger partial charge in [-0.15, -0.1) is 0 Å². The topological polar surface area (TPSA) is 37.8 Å². The lowest BCUT2D eigenvalue weighted by Gasteiger charge is -2.26. The van der Waals surface area contributed by atoms with E-state index >= 15 is 0 Å². The zero-order valence-electron chi connectivity index (χ0n) is 11.6. The molecule has 0 spiro atoms. The van der Waals surface area contributed by atoms with E-state index in [1.807, 2.05) is 18.7 Å². The van der Waals surface area contributed by atoms with Crippen LogP contribution in [0.2, 0.25) is 0 Å². The fraction of sp³-hybridized carbons (Fsp3) is 0.833. The van der Waals surface area contributed by atoms with Gasteiger partial charge >= 0.3 is 0 Å². The lowest BCUT2D eigenvalue weighted by molar-refractivity contribution is 0.408. The van der Waals surface area contributed by atoms with Gasteiger partial charge in [0.2, 0.25) is 0 Å². The maximum Gasteiger partial charge on any atom is 0.170 e. The summed E-state index contributed by atoms with van der Waals surface area (Å²) in [5, 5.41) is 4.11. The van der Waals surface area contributed by atoms with Gasteiger partial charge in [0.25, 0.3) is 0 Å². The molecule has 0 aliphatic rings. The minimum atomic E-state index is 0.171. The number of nitrogens with one attached hydrogen (secondary N) is 1. The van der Waals surface area contributed by atoms with Crippen molar-refractivity contribution >= 4 is 23.3 Å². The molecule has 1 atom stereocenters. The standard InChI is InChI=1S/C12H23N3S2/c1-8(2)10(7-13-12(4,5)6)16-11-14-9(3)15-17-11/h8,10,13H,7H2,1-6H3. The first-order valence-corrected chi connectivity index (χ1v) is 7.65. The highest BCUT2D eigenvalue weighted by Gasteiger charge is 2.19. The van der Waals surface area contributed by atoms with Crippen molar-refractivity contribution in [3.05, 3.63) is 5.82 Å². The highest BCUT2D eigenvalue weighted by molar-refractivity contribution is 8.01. The molecule has 1 rings (SSSR count). The number of nitrogens with zero attached hydrogens (tertiary/aromatic N) is 2. The fourth-order valence-electron chi connectivity index (χ4n) is 1.28. The molecule has 0 saturated heterocycles. The molecule has 0 aliphatic heterocycles. The summed E-state index contributed by atoms with van der Waals surface area (Å²) in [7, 11) is 0. The summed E-state index contributed by atoms with van der Waals surface area (Å²) >= 11 is 3.34. The Kier molecular flexibility index (Phi) is 5.41. The molecule has 1 unspecified atom stereocenters. The second-order valence-electron chi connectivity index (χ2n) is 5.64. The maximum absolute atomic E-state index is 4.42. The monoisotopic (exact) mass is 273 g/mol. The Labute approximate surface area is 113 Å². The predicted molar refractivity (Wildman–Crippen MR) is 76.9 cm³/mol. The molecule has 0 aromatic carbocycles. The second kappa shape index (κ2) is 6.16. The third-order valence-electron chi connectivity index (χ3n) is 2.34. The Morgan fingerprint density at radius 3 is 2.41 bits per heavy atom. The average Bonchev–Trinajstić information content (AvgIpc) is 2.56. The van der Waals surface area contributed by atoms with Crippen molar-refractivity contribution in [2.75, 3.05) is 6.54 Å². The van der Waals surface area contributed by atoms with E-state index in [1.54, 1.807) is 0 Å². The molecule has 0 amide bonds. The van der Waals surface area contributed by atoms with E-state index in [2.05, 4.69) is 49.3 Å². The third-order valence-corrected chi connectivity index (χ3v) is 4.76. The summed E-state index contributed by atoms with van der Waals surface area (Å²) in [5.41, 5.74) is 0.171. The zero-order valence-corrected chi connectivity index (χ0v) is 13.2. The quantitative estimate of drug-likeness (QED) is 0.835. The van der Waals surface area contributed by atoms with Crippen LogP contribution in [0.5, 0.6) is 0 Å². The van der Waals surface area contributed by atoms with Crippen molar-refractivity contribution in [1.82, 2.24) is 14.7 Å². The molecule has 5 heteroatoms. The van der Waals surface area contributed by atoms with E-state index in [0.29, 0.717) is 11.2 Å². The average molecular weight is 273 g/mol. The van der Waals surface area contributed by atoms with E-state index in [4.69, 9.17) is 0 Å². The van der Waals surface area contributed by atoms with Crippen molar-refractivity contribution in [1.29, 1.82) is 0 Å². The fourth-order valence-corrected chi connectivity index (χ4v) is 3.24. The van der Waals surface area contributed by atoms with Gasteiger partial charge in [0.15, 0.2) is 4.34 Å². The van der Waals surface area contributed by atoms with Crippen molar-refractivity contribution in [3.63, 3.8) is 0 Å². The number of thioether (sulfide) groups is 1. The van der Waals surface area contributed by atoms with E-state index in [-0.39, 0.29) is 5.54 Å². The van der Waals surface area contributed by atoms with Crippen LogP contribution >= 0.6 is 23.3 Å². The SMILES string of the molecule is Cc1nsc(SC(CNC(C)(C)C)C(C)C)n1. The van der Waals surface area contributed by atoms with E-state index in [9.17, 15) is 0 Å². The van der Waals surface area contributed by atoms with Crippen molar-refractivity contribution in [2.24, 2.45) is 5.92 Å². The summed E-state index contributed by atoms with van der Waals surface area (Å²) in [5.74, 6) is 1.50. The number of rotatable bonds is 5. The smallest absolute Gasteiger partial charge is 0.170 e. The van der Waals surface area contributed by atoms with Gasteiger partial charge in [-0.2, -0.15) is 4.37 Å². The molecule has 0 fully saturated rings. The van der Waals surface area contributed by atoms with Crippen LogP contribution in [0.4, 0.5) is 0 Å². The maximum atomic E-state index is 4.42. The summed E-state index contributed by atoms with van der Waals surface area (Å²) in [6.45, 7) is 14.1. The molecule has 98 valence electrons. The third kappa shape index (κ3) is 5.84. The Morgan fingerprint density at radius 1 is 1.35 bits per heavy atom. The molecule has 1 N–H and O–H groups in total. The van der Waals surface area contributed by atoms with Gasteiger partial charge in [0, 0.05) is 17.3 Å². The Morgan fingerprint density at radius 2 is 2.00 bits per heavy atom. The van der Waals surface area contributed by atoms with Crippen molar-refractivity contribution in [3.8, 4) is 0 Å². The number of hydrogen-bond acceptors (Lipinski definition) is 5. The lowest BCUT2D eigenvalue weighted by Crippen LogP contribution is -2.41. The van der Waals surface area contributed by atoms with Crippen LogP contribution in [0.1, 0.15) is 40.4 Å². The van der Waals surface area contributed by atoms with Gasteiger partial charge in [0.1, 0.15) is 5.82 Å². The van der Waals surface area contributed by atoms with Crippen LogP contribution in [0, 0.1) is 12.8 Å². The van der Waals surface area contributed by atoms with Crippen molar-refractivity contribution in [2.45, 2.75) is 56.7 Å². The van der Waals surface area contributed by atoms with Crippen LogP contribution in [0.3, 0.4) is 0 Å². The zero-order chi connectivity index (χ0) is 13.1. The van der Waals surface area contributed by atoms with E-state index in [1.165, 1.54) is 11.5 Å². The molecular formula is C12H23N3S2. The second-order valence-corrected chi connectivity index (χ2v) is 7.88. The van der Waals surface area contributed by atoms with Crippen LogP contribution in [-0.4, -0.2) is 26.7 Å². The summed E-state index contributed by atoms with van der Waals surface area (Å²) in [6, 6.07) is 0. The summed E-state index contributed by atoms with van der Waals surface area (Å²) in [4.78, 5) is 4.42. The first kappa shape index (κ1) is 14.9. The Bertz CT molecular complexity index is 342. The molecule has 1 aromatic heterocycles. The van der Waals surface area contributed by atoms with Gasteiger partial charge in [0.05, 0.1) is 0 Å². The number of aromatic nitrogens is 2. The van der Waals surface area contributed by atoms with Crippen molar-refractivity contribution < 1.29 is 0 Å². The molecule has 1 heterocycles. The van der Waals surface area contributed by atoms with Crippen LogP contribution in [-0.2, 0) is 0 Å². The molecule has 0 bridgehead atoms. The van der Waals surface area contributed by atoms with Gasteiger partial charge in [-0.25, -0.2) is 4.98 Å². The number of aryl methyl sites for hydroxylation is 1. The van der Waals surface area contributed by atoms with Crippen LogP contribution in [0.25, 0.3) is 0 Å². The molecule has 0 saturated carbocycles. The summed E-state index contributed by atoms with van der Waals surface area (Å²) < 4.78 is 5.31. The Hall–Kier alpha value is -0.130. The molecule has 0 aliphatic carbocycles. The highest BCUT2D eigenvalue weighted by Crippen LogP contribution is 2.29. The van der Waals surface area contributed by atoms with Gasteiger partial charge < -0.3 is 5.32 Å². The molecular weight excluding hydrogens is 250 g/mol. The first-order valence-electron chi connectivity index (χ1n) is 6.00. The summed E-state index contributed by atoms with van der Waals surface area (Å²) in [6.07, 6.45) is 0. The first-order chi connectivity index (χ1) is 7.78. The normalized spacial score (nSPS) is 14.3. The minimum Gasteiger partial charge on any atom is -0.311 e. The lowest BCUT2D eigenvalue weighted by atomic mass is 10.1. The molecule has 0 radical (unpaired) electrons. The van der Waals surface area contributed by atoms with E-state index in [0.717, 1.165) is 16.7 Å². The van der Waals surface area contributed by atoms with Gasteiger partial charge in [-0.05, 0) is 45.1 Å². The van der Waals surface area contributed by atoms with Crippen LogP contribution < -0.4 is 5.32 Å².